The maximum Gasteiger partial charge on any atom is 0.166 e. The first-order chi connectivity index (χ1) is 3.72. The van der Waals surface area contributed by atoms with Crippen LogP contribution in [0.3, 0.4) is 0 Å². The van der Waals surface area contributed by atoms with Crippen LogP contribution in [0.4, 0.5) is 0 Å². The standard InChI is InChI=1S/C5H8Cl2O/c1-3-4(6)5(7)8-2/h3,5H,1-2H3/b4-3-. The van der Waals surface area contributed by atoms with Crippen molar-refractivity contribution in [2.45, 2.75) is 12.5 Å². The average molecular weight is 155 g/mol. The van der Waals surface area contributed by atoms with Crippen molar-refractivity contribution in [1.29, 1.82) is 0 Å². The second kappa shape index (κ2) is 4.19. The van der Waals surface area contributed by atoms with Crippen LogP contribution in [0.2, 0.25) is 0 Å². The van der Waals surface area contributed by atoms with E-state index < -0.39 is 5.56 Å². The Hall–Kier alpha value is 0.280. The lowest BCUT2D eigenvalue weighted by Crippen LogP contribution is -1.99. The van der Waals surface area contributed by atoms with E-state index in [9.17, 15) is 0 Å². The highest BCUT2D eigenvalue weighted by Gasteiger charge is 2.02. The molecular formula is C5H8Cl2O. The highest BCUT2D eigenvalue weighted by molar-refractivity contribution is 6.36. The van der Waals surface area contributed by atoms with Crippen molar-refractivity contribution < 1.29 is 4.74 Å². The molecule has 0 aliphatic heterocycles. The van der Waals surface area contributed by atoms with Crippen LogP contribution in [0.15, 0.2) is 11.1 Å². The van der Waals surface area contributed by atoms with Crippen molar-refractivity contribution in [3.05, 3.63) is 11.1 Å². The van der Waals surface area contributed by atoms with E-state index in [0.29, 0.717) is 5.03 Å². The zero-order chi connectivity index (χ0) is 6.57. The molecule has 0 heterocycles. The Morgan fingerprint density at radius 3 is 2.38 bits per heavy atom. The van der Waals surface area contributed by atoms with E-state index in [0.717, 1.165) is 0 Å². The number of halogens is 2. The first kappa shape index (κ1) is 8.28. The lowest BCUT2D eigenvalue weighted by Gasteiger charge is -2.02. The predicted molar refractivity (Wildman–Crippen MR) is 36.3 cm³/mol. The number of allylic oxidation sites excluding steroid dienone is 1. The Bertz CT molecular complexity index is 90.4. The predicted octanol–water partition coefficient (Wildman–Crippen LogP) is 2.34. The number of rotatable bonds is 2. The Morgan fingerprint density at radius 1 is 1.75 bits per heavy atom. The quantitative estimate of drug-likeness (QED) is 0.556. The van der Waals surface area contributed by atoms with E-state index in [-0.39, 0.29) is 0 Å². The van der Waals surface area contributed by atoms with E-state index in [1.165, 1.54) is 7.11 Å². The molecular weight excluding hydrogens is 147 g/mol. The molecule has 0 aliphatic carbocycles. The van der Waals surface area contributed by atoms with Crippen LogP contribution in [0.25, 0.3) is 0 Å². The van der Waals surface area contributed by atoms with Crippen LogP contribution in [0.5, 0.6) is 0 Å². The van der Waals surface area contributed by atoms with Gasteiger partial charge in [-0.1, -0.05) is 29.3 Å². The average Bonchev–Trinajstić information content (AvgIpc) is 1.84. The number of methoxy groups -OCH3 is 1. The summed E-state index contributed by atoms with van der Waals surface area (Å²) < 4.78 is 4.67. The van der Waals surface area contributed by atoms with Gasteiger partial charge in [0.05, 0.1) is 5.03 Å². The zero-order valence-electron chi connectivity index (χ0n) is 4.82. The normalized spacial score (nSPS) is 16.2. The molecule has 1 atom stereocenters. The highest BCUT2D eigenvalue weighted by Crippen LogP contribution is 2.13. The van der Waals surface area contributed by atoms with E-state index >= 15 is 0 Å². The largest absolute Gasteiger partial charge is 0.361 e. The molecule has 0 saturated heterocycles. The number of hydrogen-bond donors (Lipinski definition) is 0. The van der Waals surface area contributed by atoms with Crippen molar-refractivity contribution in [2.75, 3.05) is 7.11 Å². The van der Waals surface area contributed by atoms with E-state index in [2.05, 4.69) is 4.74 Å². The molecule has 0 bridgehead atoms. The number of hydrogen-bond acceptors (Lipinski definition) is 1. The number of ether oxygens (including phenoxy) is 1. The second-order valence-corrected chi connectivity index (χ2v) is 2.06. The second-order valence-electron chi connectivity index (χ2n) is 1.23. The molecule has 0 aromatic rings. The van der Waals surface area contributed by atoms with Crippen LogP contribution >= 0.6 is 23.2 Å². The first-order valence-corrected chi connectivity index (χ1v) is 3.02. The van der Waals surface area contributed by atoms with Gasteiger partial charge in [0.2, 0.25) is 0 Å². The van der Waals surface area contributed by atoms with Crippen LogP contribution in [0.1, 0.15) is 6.92 Å². The Balaban J connectivity index is 3.63. The fourth-order valence-electron chi connectivity index (χ4n) is 0.244. The van der Waals surface area contributed by atoms with Crippen molar-refractivity contribution in [3.63, 3.8) is 0 Å². The fourth-order valence-corrected chi connectivity index (χ4v) is 0.459. The Morgan fingerprint density at radius 2 is 2.25 bits per heavy atom. The molecule has 0 aliphatic rings. The van der Waals surface area contributed by atoms with E-state index in [4.69, 9.17) is 23.2 Å². The van der Waals surface area contributed by atoms with Crippen molar-refractivity contribution in [1.82, 2.24) is 0 Å². The SMILES string of the molecule is C/C=C(\Cl)C(Cl)OC. The van der Waals surface area contributed by atoms with Gasteiger partial charge in [-0.2, -0.15) is 0 Å². The molecule has 1 unspecified atom stereocenters. The van der Waals surface area contributed by atoms with Gasteiger partial charge in [-0.3, -0.25) is 0 Å². The van der Waals surface area contributed by atoms with Crippen molar-refractivity contribution in [2.24, 2.45) is 0 Å². The lowest BCUT2D eigenvalue weighted by molar-refractivity contribution is 0.199. The van der Waals surface area contributed by atoms with Crippen molar-refractivity contribution in [3.8, 4) is 0 Å². The summed E-state index contributed by atoms with van der Waals surface area (Å²) in [5.41, 5.74) is -0.485. The summed E-state index contributed by atoms with van der Waals surface area (Å²) in [6, 6.07) is 0. The fraction of sp³-hybridized carbons (Fsp3) is 0.600. The molecule has 8 heavy (non-hydrogen) atoms. The highest BCUT2D eigenvalue weighted by atomic mass is 35.5. The van der Waals surface area contributed by atoms with Crippen LogP contribution in [0, 0.1) is 0 Å². The smallest absolute Gasteiger partial charge is 0.166 e. The third kappa shape index (κ3) is 2.55. The molecule has 0 saturated carbocycles. The van der Waals surface area contributed by atoms with Gasteiger partial charge in [0.25, 0.3) is 0 Å². The summed E-state index contributed by atoms with van der Waals surface area (Å²) in [6.07, 6.45) is 1.70. The van der Waals surface area contributed by atoms with Crippen molar-refractivity contribution >= 4 is 23.2 Å². The molecule has 48 valence electrons. The summed E-state index contributed by atoms with van der Waals surface area (Å²) in [5.74, 6) is 0. The summed E-state index contributed by atoms with van der Waals surface area (Å²) >= 11 is 11.0. The van der Waals surface area contributed by atoms with Crippen LogP contribution < -0.4 is 0 Å². The maximum atomic E-state index is 5.52. The van der Waals surface area contributed by atoms with E-state index in [1.54, 1.807) is 13.0 Å². The minimum Gasteiger partial charge on any atom is -0.361 e. The summed E-state index contributed by atoms with van der Waals surface area (Å²) in [6.45, 7) is 1.80. The molecule has 3 heteroatoms. The van der Waals surface area contributed by atoms with Gasteiger partial charge >= 0.3 is 0 Å². The molecule has 1 nitrogen and oxygen atoms in total. The van der Waals surface area contributed by atoms with E-state index in [1.807, 2.05) is 0 Å². The topological polar surface area (TPSA) is 9.23 Å². The molecule has 0 rings (SSSR count). The third-order valence-corrected chi connectivity index (χ3v) is 1.64. The zero-order valence-corrected chi connectivity index (χ0v) is 6.33. The van der Waals surface area contributed by atoms with Gasteiger partial charge in [-0.15, -0.1) is 0 Å². The summed E-state index contributed by atoms with van der Waals surface area (Å²) in [5, 5.41) is 0.522. The van der Waals surface area contributed by atoms with Crippen LogP contribution in [-0.2, 0) is 4.74 Å². The third-order valence-electron chi connectivity index (χ3n) is 0.700. The molecule has 0 N–H and O–H groups in total. The lowest BCUT2D eigenvalue weighted by atomic mass is 10.5. The van der Waals surface area contributed by atoms with Crippen LogP contribution in [-0.4, -0.2) is 12.7 Å². The molecule has 0 aromatic heterocycles. The maximum absolute atomic E-state index is 5.52. The minimum atomic E-state index is -0.485. The minimum absolute atomic E-state index is 0.485. The summed E-state index contributed by atoms with van der Waals surface area (Å²) in [7, 11) is 1.50. The van der Waals surface area contributed by atoms with Gasteiger partial charge in [-0.05, 0) is 6.92 Å². The van der Waals surface area contributed by atoms with Gasteiger partial charge in [0.1, 0.15) is 0 Å². The molecule has 0 radical (unpaired) electrons. The molecule has 0 fully saturated rings. The Labute approximate surface area is 59.2 Å². The molecule has 0 aromatic carbocycles. The molecule has 0 amide bonds. The monoisotopic (exact) mass is 154 g/mol. The Kier molecular flexibility index (Phi) is 4.33. The number of alkyl halides is 1. The molecule has 0 spiro atoms. The first-order valence-electron chi connectivity index (χ1n) is 2.21. The van der Waals surface area contributed by atoms with Gasteiger partial charge in [-0.25, -0.2) is 0 Å². The summed E-state index contributed by atoms with van der Waals surface area (Å²) in [4.78, 5) is 0. The van der Waals surface area contributed by atoms with Gasteiger partial charge < -0.3 is 4.74 Å². The van der Waals surface area contributed by atoms with Gasteiger partial charge in [0.15, 0.2) is 5.56 Å². The van der Waals surface area contributed by atoms with Gasteiger partial charge in [0, 0.05) is 7.11 Å².